The molecule has 1 N–H and O–H groups in total. The molecule has 0 aliphatic heterocycles. The largest absolute Gasteiger partial charge is 0.465 e. The second-order valence-electron chi connectivity index (χ2n) is 3.01. The molecule has 0 amide bonds. The van der Waals surface area contributed by atoms with Crippen LogP contribution in [0, 0.1) is 0 Å². The number of hydrogen-bond acceptors (Lipinski definition) is 4. The molecule has 1 rings (SSSR count). The molecule has 94 valence electrons. The molecule has 0 aromatic heterocycles. The van der Waals surface area contributed by atoms with Gasteiger partial charge in [0.1, 0.15) is 4.66 Å². The molecule has 0 radical (unpaired) electrons. The number of hydrogen-bond donors (Lipinski definition) is 1. The molecule has 0 unspecified atom stereocenters. The van der Waals surface area contributed by atoms with E-state index in [-0.39, 0.29) is 15.9 Å². The van der Waals surface area contributed by atoms with E-state index in [1.54, 1.807) is 0 Å². The first-order chi connectivity index (χ1) is 7.89. The molecule has 0 fully saturated rings. The van der Waals surface area contributed by atoms with Crippen LogP contribution in [0.4, 0.5) is 5.69 Å². The normalized spacial score (nSPS) is 11.0. The zero-order chi connectivity index (χ0) is 13.1. The summed E-state index contributed by atoms with van der Waals surface area (Å²) < 4.78 is 29.3. The lowest BCUT2D eigenvalue weighted by Gasteiger charge is -2.10. The van der Waals surface area contributed by atoms with Crippen LogP contribution < -0.4 is 4.72 Å². The van der Waals surface area contributed by atoms with Crippen molar-refractivity contribution in [2.75, 3.05) is 16.5 Å². The number of rotatable bonds is 4. The number of alkyl halides is 1. The number of nitrogens with one attached hydrogen (secondary N) is 1. The highest BCUT2D eigenvalue weighted by molar-refractivity contribution is 9.10. The Hall–Kier alpha value is -0.790. The van der Waals surface area contributed by atoms with Gasteiger partial charge in [0.15, 0.2) is 0 Å². The third-order valence-electron chi connectivity index (χ3n) is 1.80. The summed E-state index contributed by atoms with van der Waals surface area (Å²) in [5.41, 5.74) is 0.185. The Labute approximate surface area is 112 Å². The number of anilines is 1. The maximum Gasteiger partial charge on any atom is 0.339 e. The minimum atomic E-state index is -3.55. The zero-order valence-electron chi connectivity index (χ0n) is 8.74. The lowest BCUT2D eigenvalue weighted by Crippen LogP contribution is -2.16. The van der Waals surface area contributed by atoms with Gasteiger partial charge in [-0.05, 0) is 18.2 Å². The number of carbonyl (C=O) groups excluding carboxylic acids is 1. The fraction of sp³-hybridized carbons (Fsp3) is 0.222. The van der Waals surface area contributed by atoms with Crippen LogP contribution in [0.2, 0.25) is 5.02 Å². The molecule has 0 saturated heterocycles. The number of ether oxygens (including phenoxy) is 1. The molecular weight excluding hydrogens is 334 g/mol. The van der Waals surface area contributed by atoms with Gasteiger partial charge in [0.2, 0.25) is 10.0 Å². The highest BCUT2D eigenvalue weighted by atomic mass is 79.9. The monoisotopic (exact) mass is 341 g/mol. The molecule has 1 aromatic rings. The third-order valence-corrected chi connectivity index (χ3v) is 4.66. The summed E-state index contributed by atoms with van der Waals surface area (Å²) in [7, 11) is -2.35. The Balaban J connectivity index is 3.21. The van der Waals surface area contributed by atoms with Crippen molar-refractivity contribution in [1.82, 2.24) is 0 Å². The second kappa shape index (κ2) is 5.70. The van der Waals surface area contributed by atoms with Gasteiger partial charge in [-0.2, -0.15) is 0 Å². The zero-order valence-corrected chi connectivity index (χ0v) is 11.9. The van der Waals surface area contributed by atoms with Crippen LogP contribution in [0.1, 0.15) is 10.4 Å². The van der Waals surface area contributed by atoms with Crippen LogP contribution in [0.5, 0.6) is 0 Å². The van der Waals surface area contributed by atoms with Gasteiger partial charge in [-0.1, -0.05) is 27.5 Å². The van der Waals surface area contributed by atoms with Crippen LogP contribution in [-0.2, 0) is 14.8 Å². The first-order valence-corrected chi connectivity index (χ1v) is 7.49. The lowest BCUT2D eigenvalue weighted by molar-refractivity contribution is 0.0602. The Morgan fingerprint density at radius 1 is 1.53 bits per heavy atom. The van der Waals surface area contributed by atoms with Gasteiger partial charge in [-0.3, -0.25) is 4.72 Å². The van der Waals surface area contributed by atoms with Crippen LogP contribution in [0.15, 0.2) is 18.2 Å². The SMILES string of the molecule is COC(=O)c1ccc(Cl)cc1NS(=O)(=O)CBr. The van der Waals surface area contributed by atoms with Gasteiger partial charge in [0.05, 0.1) is 18.4 Å². The van der Waals surface area contributed by atoms with Crippen molar-refractivity contribution < 1.29 is 17.9 Å². The molecule has 0 atom stereocenters. The van der Waals surface area contributed by atoms with Crippen molar-refractivity contribution in [3.63, 3.8) is 0 Å². The van der Waals surface area contributed by atoms with Crippen molar-refractivity contribution in [2.45, 2.75) is 0 Å². The molecule has 0 aliphatic carbocycles. The smallest absolute Gasteiger partial charge is 0.339 e. The van der Waals surface area contributed by atoms with Crippen LogP contribution >= 0.6 is 27.5 Å². The minimum Gasteiger partial charge on any atom is -0.465 e. The van der Waals surface area contributed by atoms with E-state index >= 15 is 0 Å². The number of halogens is 2. The summed E-state index contributed by atoms with van der Waals surface area (Å²) in [5, 5.41) is 0.310. The van der Waals surface area contributed by atoms with Gasteiger partial charge in [-0.15, -0.1) is 0 Å². The molecule has 0 bridgehead atoms. The molecular formula is C9H9BrClNO4S. The Kier molecular flexibility index (Phi) is 4.79. The number of benzene rings is 1. The van der Waals surface area contributed by atoms with E-state index in [1.807, 2.05) is 0 Å². The van der Waals surface area contributed by atoms with E-state index in [0.717, 1.165) is 0 Å². The molecule has 17 heavy (non-hydrogen) atoms. The Bertz CT molecular complexity index is 532. The first-order valence-electron chi connectivity index (χ1n) is 4.34. The number of carbonyl (C=O) groups is 1. The van der Waals surface area contributed by atoms with E-state index in [9.17, 15) is 13.2 Å². The highest BCUT2D eigenvalue weighted by Gasteiger charge is 2.16. The minimum absolute atomic E-state index is 0.0869. The average molecular weight is 343 g/mol. The lowest BCUT2D eigenvalue weighted by atomic mass is 10.2. The molecule has 8 heteroatoms. The van der Waals surface area contributed by atoms with Gasteiger partial charge < -0.3 is 4.74 Å². The van der Waals surface area contributed by atoms with Gasteiger partial charge in [0.25, 0.3) is 0 Å². The van der Waals surface area contributed by atoms with Gasteiger partial charge in [0, 0.05) is 5.02 Å². The fourth-order valence-electron chi connectivity index (χ4n) is 1.08. The van der Waals surface area contributed by atoms with Crippen molar-refractivity contribution >= 4 is 49.2 Å². The Morgan fingerprint density at radius 2 is 2.18 bits per heavy atom. The molecule has 0 aliphatic rings. The van der Waals surface area contributed by atoms with E-state index in [4.69, 9.17) is 11.6 Å². The van der Waals surface area contributed by atoms with E-state index < -0.39 is 16.0 Å². The van der Waals surface area contributed by atoms with Crippen LogP contribution in [-0.4, -0.2) is 26.2 Å². The number of sulfonamides is 1. The second-order valence-corrected chi connectivity index (χ2v) is 6.47. The summed E-state index contributed by atoms with van der Waals surface area (Å²) >= 11 is 8.56. The van der Waals surface area contributed by atoms with Crippen molar-refractivity contribution in [3.05, 3.63) is 28.8 Å². The molecule has 5 nitrogen and oxygen atoms in total. The van der Waals surface area contributed by atoms with Crippen molar-refractivity contribution in [1.29, 1.82) is 0 Å². The fourth-order valence-corrected chi connectivity index (χ4v) is 2.16. The van der Waals surface area contributed by atoms with Gasteiger partial charge >= 0.3 is 5.97 Å². The predicted molar refractivity (Wildman–Crippen MR) is 69.1 cm³/mol. The molecule has 0 spiro atoms. The van der Waals surface area contributed by atoms with Crippen LogP contribution in [0.25, 0.3) is 0 Å². The Morgan fingerprint density at radius 3 is 2.71 bits per heavy atom. The van der Waals surface area contributed by atoms with Crippen LogP contribution in [0.3, 0.4) is 0 Å². The first kappa shape index (κ1) is 14.3. The van der Waals surface area contributed by atoms with E-state index in [1.165, 1.54) is 25.3 Å². The van der Waals surface area contributed by atoms with Crippen molar-refractivity contribution in [2.24, 2.45) is 0 Å². The summed E-state index contributed by atoms with van der Waals surface area (Å²) in [6, 6.07) is 4.20. The van der Waals surface area contributed by atoms with Crippen molar-refractivity contribution in [3.8, 4) is 0 Å². The topological polar surface area (TPSA) is 72.5 Å². The number of esters is 1. The summed E-state index contributed by atoms with van der Waals surface area (Å²) in [6.07, 6.45) is 0. The van der Waals surface area contributed by atoms with Gasteiger partial charge in [-0.25, -0.2) is 13.2 Å². The average Bonchev–Trinajstić information content (AvgIpc) is 2.28. The van der Waals surface area contributed by atoms with E-state index in [0.29, 0.717) is 5.02 Å². The quantitative estimate of drug-likeness (QED) is 0.672. The highest BCUT2D eigenvalue weighted by Crippen LogP contribution is 2.23. The summed E-state index contributed by atoms with van der Waals surface area (Å²) in [6.45, 7) is 0. The predicted octanol–water partition coefficient (Wildman–Crippen LogP) is 2.22. The molecule has 1 aromatic carbocycles. The maximum absolute atomic E-state index is 11.4. The van der Waals surface area contributed by atoms with E-state index in [2.05, 4.69) is 25.4 Å². The molecule has 0 saturated carbocycles. The summed E-state index contributed by atoms with van der Waals surface area (Å²) in [4.78, 5) is 11.4. The summed E-state index contributed by atoms with van der Waals surface area (Å²) in [5.74, 6) is -0.645. The third kappa shape index (κ3) is 3.86. The number of methoxy groups -OCH3 is 1. The standard InChI is InChI=1S/C9H9BrClNO4S/c1-16-9(13)7-3-2-6(11)4-8(7)12-17(14,15)5-10/h2-4,12H,5H2,1H3. The maximum atomic E-state index is 11.4. The molecule has 0 heterocycles.